The summed E-state index contributed by atoms with van der Waals surface area (Å²) >= 11 is 6.03. The van der Waals surface area contributed by atoms with Gasteiger partial charge in [0, 0.05) is 11.1 Å². The van der Waals surface area contributed by atoms with E-state index in [-0.39, 0.29) is 18.4 Å². The third-order valence-electron chi connectivity index (χ3n) is 2.80. The van der Waals surface area contributed by atoms with E-state index in [2.05, 4.69) is 6.07 Å². The van der Waals surface area contributed by atoms with Crippen molar-refractivity contribution in [3.63, 3.8) is 0 Å². The minimum Gasteiger partial charge on any atom is -0.324 e. The Hall–Kier alpha value is -0.240. The Morgan fingerprint density at radius 2 is 2.07 bits per heavy atom. The van der Waals surface area contributed by atoms with Gasteiger partial charge in [-0.2, -0.15) is 0 Å². The van der Waals surface area contributed by atoms with Crippen LogP contribution >= 0.6 is 24.0 Å². The summed E-state index contributed by atoms with van der Waals surface area (Å²) in [6, 6.07) is 6.18. The Balaban J connectivity index is 0.000000980. The highest BCUT2D eigenvalue weighted by Crippen LogP contribution is 2.40. The van der Waals surface area contributed by atoms with Crippen molar-refractivity contribution in [2.45, 2.75) is 25.8 Å². The summed E-state index contributed by atoms with van der Waals surface area (Å²) in [5.41, 5.74) is 8.47. The third kappa shape index (κ3) is 2.22. The quantitative estimate of drug-likeness (QED) is 0.829. The molecule has 0 radical (unpaired) electrons. The zero-order valence-electron chi connectivity index (χ0n) is 8.16. The van der Waals surface area contributed by atoms with E-state index >= 15 is 0 Å². The van der Waals surface area contributed by atoms with Crippen LogP contribution < -0.4 is 5.73 Å². The maximum absolute atomic E-state index is 6.11. The molecule has 0 aliphatic heterocycles. The van der Waals surface area contributed by atoms with Crippen LogP contribution in [-0.4, -0.2) is 0 Å². The highest BCUT2D eigenvalue weighted by Gasteiger charge is 2.30. The number of rotatable bonds is 2. The second-order valence-electron chi connectivity index (χ2n) is 3.82. The predicted molar refractivity (Wildman–Crippen MR) is 63.1 cm³/mol. The van der Waals surface area contributed by atoms with E-state index in [1.807, 2.05) is 19.1 Å². The van der Waals surface area contributed by atoms with Gasteiger partial charge in [-0.15, -0.1) is 12.4 Å². The Morgan fingerprint density at radius 1 is 1.43 bits per heavy atom. The molecule has 1 nitrogen and oxygen atoms in total. The molecule has 1 unspecified atom stereocenters. The number of nitrogens with two attached hydrogens (primary N) is 1. The molecule has 14 heavy (non-hydrogen) atoms. The van der Waals surface area contributed by atoms with Crippen LogP contribution in [0.25, 0.3) is 0 Å². The maximum Gasteiger partial charge on any atom is 0.0438 e. The van der Waals surface area contributed by atoms with Gasteiger partial charge in [0.15, 0.2) is 0 Å². The molecule has 0 spiro atoms. The first-order valence-corrected chi connectivity index (χ1v) is 5.08. The van der Waals surface area contributed by atoms with Crippen LogP contribution in [0.2, 0.25) is 5.02 Å². The summed E-state index contributed by atoms with van der Waals surface area (Å²) in [6.07, 6.45) is 2.54. The molecular weight excluding hydrogens is 217 g/mol. The van der Waals surface area contributed by atoms with E-state index in [0.29, 0.717) is 5.92 Å². The molecule has 1 atom stereocenters. The summed E-state index contributed by atoms with van der Waals surface area (Å²) in [5.74, 6) is 0.692. The van der Waals surface area contributed by atoms with Crippen LogP contribution in [0.15, 0.2) is 18.2 Å². The first kappa shape index (κ1) is 11.8. The van der Waals surface area contributed by atoms with Crippen LogP contribution in [0, 0.1) is 12.8 Å². The smallest absolute Gasteiger partial charge is 0.0438 e. The third-order valence-corrected chi connectivity index (χ3v) is 3.21. The molecule has 1 saturated carbocycles. The fourth-order valence-electron chi connectivity index (χ4n) is 1.69. The molecule has 0 saturated heterocycles. The van der Waals surface area contributed by atoms with Crippen LogP contribution in [0.3, 0.4) is 0 Å². The van der Waals surface area contributed by atoms with Crippen molar-refractivity contribution < 1.29 is 0 Å². The maximum atomic E-state index is 6.11. The topological polar surface area (TPSA) is 26.0 Å². The molecule has 0 heterocycles. The van der Waals surface area contributed by atoms with Gasteiger partial charge >= 0.3 is 0 Å². The first-order chi connectivity index (χ1) is 6.20. The average molecular weight is 232 g/mol. The molecule has 3 heteroatoms. The molecule has 1 aliphatic rings. The lowest BCUT2D eigenvalue weighted by atomic mass is 9.98. The lowest BCUT2D eigenvalue weighted by molar-refractivity contribution is 0.630. The Bertz CT molecular complexity index is 321. The fraction of sp³-hybridized carbons (Fsp3) is 0.455. The van der Waals surface area contributed by atoms with Crippen LogP contribution in [0.5, 0.6) is 0 Å². The summed E-state index contributed by atoms with van der Waals surface area (Å²) in [4.78, 5) is 0. The van der Waals surface area contributed by atoms with Gasteiger partial charge < -0.3 is 5.73 Å². The molecule has 1 aromatic carbocycles. The SMILES string of the molecule is Cc1c(Cl)cccc1C(N)C1CC1.Cl. The number of halogens is 2. The van der Waals surface area contributed by atoms with Gasteiger partial charge in [-0.1, -0.05) is 23.7 Å². The predicted octanol–water partition coefficient (Wildman–Crippen LogP) is 3.48. The Kier molecular flexibility index (Phi) is 3.82. The Labute approximate surface area is 96.0 Å². The fourth-order valence-corrected chi connectivity index (χ4v) is 1.88. The molecule has 0 bridgehead atoms. The zero-order valence-corrected chi connectivity index (χ0v) is 9.74. The molecule has 0 amide bonds. The second-order valence-corrected chi connectivity index (χ2v) is 4.22. The summed E-state index contributed by atoms with van der Waals surface area (Å²) in [7, 11) is 0. The summed E-state index contributed by atoms with van der Waals surface area (Å²) in [5, 5.41) is 0.827. The van der Waals surface area contributed by atoms with Gasteiger partial charge in [-0.05, 0) is 42.9 Å². The monoisotopic (exact) mass is 231 g/mol. The van der Waals surface area contributed by atoms with Gasteiger partial charge in [-0.25, -0.2) is 0 Å². The van der Waals surface area contributed by atoms with Crippen molar-refractivity contribution >= 4 is 24.0 Å². The molecule has 2 N–H and O–H groups in total. The van der Waals surface area contributed by atoms with Crippen LogP contribution in [0.4, 0.5) is 0 Å². The van der Waals surface area contributed by atoms with Crippen LogP contribution in [0.1, 0.15) is 30.0 Å². The normalized spacial score (nSPS) is 17.4. The molecule has 78 valence electrons. The highest BCUT2D eigenvalue weighted by molar-refractivity contribution is 6.31. The minimum atomic E-state index is 0. The van der Waals surface area contributed by atoms with Crippen molar-refractivity contribution in [3.8, 4) is 0 Å². The largest absolute Gasteiger partial charge is 0.324 e. The molecule has 1 fully saturated rings. The first-order valence-electron chi connectivity index (χ1n) is 4.70. The Morgan fingerprint density at radius 3 is 2.64 bits per heavy atom. The summed E-state index contributed by atoms with van der Waals surface area (Å²) < 4.78 is 0. The minimum absolute atomic E-state index is 0. The van der Waals surface area contributed by atoms with Gasteiger partial charge in [0.05, 0.1) is 0 Å². The van der Waals surface area contributed by atoms with Gasteiger partial charge in [0.2, 0.25) is 0 Å². The standard InChI is InChI=1S/C11H14ClN.ClH/c1-7-9(3-2-4-10(7)12)11(13)8-5-6-8;/h2-4,8,11H,5-6,13H2,1H3;1H. The number of hydrogen-bond acceptors (Lipinski definition) is 1. The molecule has 1 aliphatic carbocycles. The lowest BCUT2D eigenvalue weighted by Crippen LogP contribution is -2.13. The highest BCUT2D eigenvalue weighted by atomic mass is 35.5. The van der Waals surface area contributed by atoms with Crippen molar-refractivity contribution in [2.75, 3.05) is 0 Å². The van der Waals surface area contributed by atoms with Crippen molar-refractivity contribution in [1.29, 1.82) is 0 Å². The molecule has 0 aromatic heterocycles. The van der Waals surface area contributed by atoms with Crippen LogP contribution in [-0.2, 0) is 0 Å². The van der Waals surface area contributed by atoms with E-state index in [9.17, 15) is 0 Å². The van der Waals surface area contributed by atoms with E-state index in [0.717, 1.165) is 10.6 Å². The molecule has 2 rings (SSSR count). The number of benzene rings is 1. The lowest BCUT2D eigenvalue weighted by Gasteiger charge is -2.14. The van der Waals surface area contributed by atoms with Gasteiger partial charge in [0.25, 0.3) is 0 Å². The molecule has 1 aromatic rings. The van der Waals surface area contributed by atoms with Crippen molar-refractivity contribution in [3.05, 3.63) is 34.3 Å². The average Bonchev–Trinajstić information content (AvgIpc) is 2.91. The summed E-state index contributed by atoms with van der Waals surface area (Å²) in [6.45, 7) is 2.04. The van der Waals surface area contributed by atoms with Crippen molar-refractivity contribution in [2.24, 2.45) is 11.7 Å². The van der Waals surface area contributed by atoms with E-state index in [1.165, 1.54) is 18.4 Å². The van der Waals surface area contributed by atoms with Gasteiger partial charge in [0.1, 0.15) is 0 Å². The second kappa shape index (κ2) is 4.52. The van der Waals surface area contributed by atoms with Gasteiger partial charge in [-0.3, -0.25) is 0 Å². The van der Waals surface area contributed by atoms with E-state index in [1.54, 1.807) is 0 Å². The molecular formula is C11H15Cl2N. The zero-order chi connectivity index (χ0) is 9.42. The number of hydrogen-bond donors (Lipinski definition) is 1. The van der Waals surface area contributed by atoms with E-state index in [4.69, 9.17) is 17.3 Å². The van der Waals surface area contributed by atoms with Crippen molar-refractivity contribution in [1.82, 2.24) is 0 Å². The van der Waals surface area contributed by atoms with E-state index < -0.39 is 0 Å².